The van der Waals surface area contributed by atoms with Crippen molar-refractivity contribution in [3.05, 3.63) is 22.4 Å². The second kappa shape index (κ2) is 5.56. The molecule has 1 N–H and O–H groups in total. The molecule has 1 saturated carbocycles. The van der Waals surface area contributed by atoms with Crippen LogP contribution < -0.4 is 0 Å². The van der Waals surface area contributed by atoms with Gasteiger partial charge in [-0.3, -0.25) is 4.79 Å². The zero-order valence-electron chi connectivity index (χ0n) is 11.3. The molecule has 2 heterocycles. The van der Waals surface area contributed by atoms with E-state index in [2.05, 4.69) is 0 Å². The van der Waals surface area contributed by atoms with Crippen molar-refractivity contribution in [2.45, 2.75) is 50.6 Å². The van der Waals surface area contributed by atoms with E-state index < -0.39 is 12.0 Å². The third kappa shape index (κ3) is 2.46. The third-order valence-electron chi connectivity index (χ3n) is 4.60. The van der Waals surface area contributed by atoms with E-state index in [9.17, 15) is 14.7 Å². The summed E-state index contributed by atoms with van der Waals surface area (Å²) in [6, 6.07) is 1.47. The second-order valence-electron chi connectivity index (χ2n) is 5.81. The highest BCUT2D eigenvalue weighted by molar-refractivity contribution is 7.07. The van der Waals surface area contributed by atoms with Crippen molar-refractivity contribution in [1.82, 2.24) is 4.90 Å². The van der Waals surface area contributed by atoms with Gasteiger partial charge in [-0.25, -0.2) is 4.79 Å². The van der Waals surface area contributed by atoms with Crippen LogP contribution in [0.15, 0.2) is 16.8 Å². The van der Waals surface area contributed by atoms with Crippen LogP contribution in [0.3, 0.4) is 0 Å². The van der Waals surface area contributed by atoms with Crippen LogP contribution >= 0.6 is 11.3 Å². The van der Waals surface area contributed by atoms with E-state index in [0.717, 1.165) is 24.8 Å². The lowest BCUT2D eigenvalue weighted by molar-refractivity contribution is -0.149. The summed E-state index contributed by atoms with van der Waals surface area (Å²) in [4.78, 5) is 25.7. The highest BCUT2D eigenvalue weighted by atomic mass is 32.1. The Morgan fingerprint density at radius 2 is 2.15 bits per heavy atom. The van der Waals surface area contributed by atoms with Crippen LogP contribution in [0.2, 0.25) is 0 Å². The van der Waals surface area contributed by atoms with E-state index in [-0.39, 0.29) is 11.9 Å². The maximum atomic E-state index is 12.5. The largest absolute Gasteiger partial charge is 0.480 e. The second-order valence-corrected chi connectivity index (χ2v) is 6.59. The Labute approximate surface area is 122 Å². The first-order valence-electron chi connectivity index (χ1n) is 7.22. The summed E-state index contributed by atoms with van der Waals surface area (Å²) >= 11 is 1.57. The Kier molecular flexibility index (Phi) is 3.78. The highest BCUT2D eigenvalue weighted by Gasteiger charge is 2.47. The number of carboxylic acid groups (broad SMARTS) is 1. The van der Waals surface area contributed by atoms with Crippen molar-refractivity contribution < 1.29 is 14.7 Å². The average molecular weight is 293 g/mol. The number of fused-ring (bicyclic) bond motifs is 1. The SMILES string of the molecule is O=C(O)[C@H]1C[C@H]2CCCC[C@@H]2N1C(=O)Cc1ccsc1. The van der Waals surface area contributed by atoms with Gasteiger partial charge in [0.25, 0.3) is 0 Å². The molecule has 0 spiro atoms. The maximum absolute atomic E-state index is 12.5. The number of carbonyl (C=O) groups excluding carboxylic acids is 1. The summed E-state index contributed by atoms with van der Waals surface area (Å²) < 4.78 is 0. The van der Waals surface area contributed by atoms with Gasteiger partial charge in [0.1, 0.15) is 6.04 Å². The normalized spacial score (nSPS) is 29.2. The Morgan fingerprint density at radius 3 is 2.85 bits per heavy atom. The Balaban J connectivity index is 1.79. The molecule has 0 unspecified atom stereocenters. The van der Waals surface area contributed by atoms with Gasteiger partial charge in [0.15, 0.2) is 0 Å². The smallest absolute Gasteiger partial charge is 0.326 e. The molecule has 20 heavy (non-hydrogen) atoms. The van der Waals surface area contributed by atoms with Gasteiger partial charge < -0.3 is 10.0 Å². The molecule has 5 heteroatoms. The van der Waals surface area contributed by atoms with Crippen molar-refractivity contribution in [3.8, 4) is 0 Å². The van der Waals surface area contributed by atoms with Gasteiger partial charge >= 0.3 is 5.97 Å². The molecule has 2 fully saturated rings. The fourth-order valence-electron chi connectivity index (χ4n) is 3.70. The van der Waals surface area contributed by atoms with Gasteiger partial charge in [-0.2, -0.15) is 11.3 Å². The minimum absolute atomic E-state index is 0.0230. The molecule has 4 nitrogen and oxygen atoms in total. The van der Waals surface area contributed by atoms with Crippen molar-refractivity contribution in [3.63, 3.8) is 0 Å². The van der Waals surface area contributed by atoms with Crippen LogP contribution in [0.5, 0.6) is 0 Å². The van der Waals surface area contributed by atoms with E-state index in [1.807, 2.05) is 16.8 Å². The quantitative estimate of drug-likeness (QED) is 0.931. The first kappa shape index (κ1) is 13.6. The Hall–Kier alpha value is -1.36. The lowest BCUT2D eigenvalue weighted by atomic mass is 9.84. The minimum atomic E-state index is -0.849. The number of likely N-dealkylation sites (tertiary alicyclic amines) is 1. The molecule has 1 aromatic rings. The molecule has 1 saturated heterocycles. The van der Waals surface area contributed by atoms with Crippen LogP contribution in [-0.2, 0) is 16.0 Å². The van der Waals surface area contributed by atoms with E-state index in [1.54, 1.807) is 16.2 Å². The number of aliphatic carboxylic acids is 1. The number of thiophene rings is 1. The van der Waals surface area contributed by atoms with E-state index in [4.69, 9.17) is 0 Å². The first-order valence-corrected chi connectivity index (χ1v) is 8.16. The summed E-state index contributed by atoms with van der Waals surface area (Å²) in [6.45, 7) is 0. The van der Waals surface area contributed by atoms with Gasteiger partial charge in [-0.1, -0.05) is 12.8 Å². The lowest BCUT2D eigenvalue weighted by Crippen LogP contribution is -2.46. The van der Waals surface area contributed by atoms with Gasteiger partial charge in [0.05, 0.1) is 6.42 Å². The van der Waals surface area contributed by atoms with Crippen molar-refractivity contribution in [2.24, 2.45) is 5.92 Å². The van der Waals surface area contributed by atoms with Gasteiger partial charge in [-0.15, -0.1) is 0 Å². The third-order valence-corrected chi connectivity index (χ3v) is 5.33. The van der Waals surface area contributed by atoms with Crippen LogP contribution in [0.1, 0.15) is 37.7 Å². The molecule has 0 aromatic carbocycles. The van der Waals surface area contributed by atoms with Crippen LogP contribution in [0.25, 0.3) is 0 Å². The van der Waals surface area contributed by atoms with E-state index >= 15 is 0 Å². The predicted molar refractivity (Wildman–Crippen MR) is 76.7 cm³/mol. The average Bonchev–Trinajstić information content (AvgIpc) is 3.04. The molecule has 1 aliphatic heterocycles. The Bertz CT molecular complexity index is 499. The molecule has 3 rings (SSSR count). The van der Waals surface area contributed by atoms with Crippen LogP contribution in [-0.4, -0.2) is 34.0 Å². The van der Waals surface area contributed by atoms with E-state index in [0.29, 0.717) is 18.8 Å². The number of carboxylic acids is 1. The maximum Gasteiger partial charge on any atom is 0.326 e. The zero-order valence-corrected chi connectivity index (χ0v) is 12.1. The summed E-state index contributed by atoms with van der Waals surface area (Å²) in [5.74, 6) is -0.487. The monoisotopic (exact) mass is 293 g/mol. The number of hydrogen-bond donors (Lipinski definition) is 1. The summed E-state index contributed by atoms with van der Waals surface area (Å²) in [6.07, 6.45) is 5.27. The predicted octanol–water partition coefficient (Wildman–Crippen LogP) is 2.53. The van der Waals surface area contributed by atoms with Crippen molar-refractivity contribution in [1.29, 1.82) is 0 Å². The van der Waals surface area contributed by atoms with E-state index in [1.165, 1.54) is 6.42 Å². The summed E-state index contributed by atoms with van der Waals surface area (Å²) in [5, 5.41) is 13.3. The number of rotatable bonds is 3. The molecule has 1 amide bonds. The topological polar surface area (TPSA) is 57.6 Å². The molecular weight excluding hydrogens is 274 g/mol. The van der Waals surface area contributed by atoms with Crippen molar-refractivity contribution >= 4 is 23.2 Å². The highest BCUT2D eigenvalue weighted by Crippen LogP contribution is 2.40. The first-order chi connectivity index (χ1) is 9.66. The van der Waals surface area contributed by atoms with Gasteiger partial charge in [0.2, 0.25) is 5.91 Å². The van der Waals surface area contributed by atoms with Gasteiger partial charge in [-0.05, 0) is 47.6 Å². The Morgan fingerprint density at radius 1 is 1.35 bits per heavy atom. The fourth-order valence-corrected chi connectivity index (χ4v) is 4.37. The number of hydrogen-bond acceptors (Lipinski definition) is 3. The molecule has 0 radical (unpaired) electrons. The molecule has 2 aliphatic rings. The van der Waals surface area contributed by atoms with Crippen molar-refractivity contribution in [2.75, 3.05) is 0 Å². The number of nitrogens with zero attached hydrogens (tertiary/aromatic N) is 1. The number of amides is 1. The standard InChI is InChI=1S/C15H19NO3S/c17-14(7-10-5-6-20-9-10)16-12-4-2-1-3-11(12)8-13(16)15(18)19/h5-6,9,11-13H,1-4,7-8H2,(H,18,19)/t11-,12+,13-/m1/s1. The molecular formula is C15H19NO3S. The molecule has 108 valence electrons. The molecule has 0 bridgehead atoms. The zero-order chi connectivity index (χ0) is 14.1. The molecule has 3 atom stereocenters. The lowest BCUT2D eigenvalue weighted by Gasteiger charge is -2.33. The summed E-state index contributed by atoms with van der Waals surface area (Å²) in [5.41, 5.74) is 0.989. The fraction of sp³-hybridized carbons (Fsp3) is 0.600. The summed E-state index contributed by atoms with van der Waals surface area (Å²) in [7, 11) is 0. The number of carbonyl (C=O) groups is 2. The van der Waals surface area contributed by atoms with Crippen LogP contribution in [0.4, 0.5) is 0 Å². The minimum Gasteiger partial charge on any atom is -0.480 e. The van der Waals surface area contributed by atoms with Gasteiger partial charge in [0, 0.05) is 6.04 Å². The molecule has 1 aromatic heterocycles. The van der Waals surface area contributed by atoms with Crippen LogP contribution in [0, 0.1) is 5.92 Å². The molecule has 1 aliphatic carbocycles.